The minimum atomic E-state index is -0.732. The number of allylic oxidation sites excluding steroid dienone is 1. The zero-order chi connectivity index (χ0) is 22.7. The van der Waals surface area contributed by atoms with Crippen molar-refractivity contribution in [2.24, 2.45) is 10.9 Å². The first-order valence-electron chi connectivity index (χ1n) is 10.1. The van der Waals surface area contributed by atoms with Crippen molar-refractivity contribution in [3.8, 4) is 0 Å². The molecule has 1 aromatic heterocycles. The Morgan fingerprint density at radius 2 is 1.90 bits per heavy atom. The van der Waals surface area contributed by atoms with E-state index in [-0.39, 0.29) is 6.61 Å². The Bertz CT molecular complexity index is 1070. The fourth-order valence-electron chi connectivity index (χ4n) is 4.17. The smallest absolute Gasteiger partial charge is 0.336 e. The van der Waals surface area contributed by atoms with Crippen LogP contribution in [0.4, 0.5) is 0 Å². The highest BCUT2D eigenvalue weighted by atomic mass is 35.5. The number of aryl methyl sites for hydroxylation is 2. The minimum Gasteiger partial charge on any atom is -0.468 e. The molecule has 0 aliphatic carbocycles. The molecule has 2 unspecified atom stereocenters. The summed E-state index contributed by atoms with van der Waals surface area (Å²) in [6.07, 6.45) is 0.596. The van der Waals surface area contributed by atoms with Crippen LogP contribution in [-0.4, -0.2) is 36.4 Å². The van der Waals surface area contributed by atoms with Gasteiger partial charge in [0.25, 0.3) is 0 Å². The maximum absolute atomic E-state index is 13.2. The summed E-state index contributed by atoms with van der Waals surface area (Å²) in [6, 6.07) is 9.19. The first-order valence-corrected chi connectivity index (χ1v) is 10.5. The summed E-state index contributed by atoms with van der Waals surface area (Å²) >= 11 is 6.21. The lowest BCUT2D eigenvalue weighted by Crippen LogP contribution is -2.36. The highest BCUT2D eigenvalue weighted by molar-refractivity contribution is 6.30. The van der Waals surface area contributed by atoms with Crippen molar-refractivity contribution in [3.63, 3.8) is 0 Å². The van der Waals surface area contributed by atoms with Crippen molar-refractivity contribution >= 4 is 29.3 Å². The zero-order valence-electron chi connectivity index (χ0n) is 18.4. The van der Waals surface area contributed by atoms with Gasteiger partial charge in [0.05, 0.1) is 19.3 Å². The summed E-state index contributed by atoms with van der Waals surface area (Å²) in [5.41, 5.74) is 5.43. The molecule has 2 atom stereocenters. The Kier molecular flexibility index (Phi) is 7.01. The number of benzene rings is 1. The molecular weight excluding hydrogens is 416 g/mol. The van der Waals surface area contributed by atoms with Gasteiger partial charge >= 0.3 is 11.9 Å². The lowest BCUT2D eigenvalue weighted by Gasteiger charge is -2.31. The van der Waals surface area contributed by atoms with E-state index in [1.165, 1.54) is 7.11 Å². The van der Waals surface area contributed by atoms with E-state index in [1.54, 1.807) is 32.0 Å². The molecule has 2 aromatic rings. The Balaban J connectivity index is 1.91. The van der Waals surface area contributed by atoms with Gasteiger partial charge in [-0.2, -0.15) is 0 Å². The molecule has 1 aromatic carbocycles. The molecule has 7 heteroatoms. The van der Waals surface area contributed by atoms with Crippen LogP contribution in [0.25, 0.3) is 0 Å². The van der Waals surface area contributed by atoms with Gasteiger partial charge in [0.2, 0.25) is 0 Å². The third-order valence-electron chi connectivity index (χ3n) is 5.57. The summed E-state index contributed by atoms with van der Waals surface area (Å²) in [4.78, 5) is 33.5. The highest BCUT2D eigenvalue weighted by Gasteiger charge is 2.42. The van der Waals surface area contributed by atoms with Crippen molar-refractivity contribution in [1.82, 2.24) is 4.98 Å². The van der Waals surface area contributed by atoms with Crippen molar-refractivity contribution < 1.29 is 19.1 Å². The van der Waals surface area contributed by atoms with E-state index >= 15 is 0 Å². The first kappa shape index (κ1) is 22.8. The number of aromatic nitrogens is 1. The van der Waals surface area contributed by atoms with Crippen molar-refractivity contribution in [2.45, 2.75) is 40.0 Å². The van der Waals surface area contributed by atoms with Crippen molar-refractivity contribution in [1.29, 1.82) is 0 Å². The number of hydrogen-bond donors (Lipinski definition) is 1. The number of aliphatic imine (C=N–C) groups is 1. The van der Waals surface area contributed by atoms with Gasteiger partial charge in [-0.3, -0.25) is 9.79 Å². The topological polar surface area (TPSA) is 80.8 Å². The number of halogens is 1. The number of carbonyl (C=O) groups is 2. The average molecular weight is 443 g/mol. The molecule has 31 heavy (non-hydrogen) atoms. The third kappa shape index (κ3) is 4.90. The Hall–Kier alpha value is -2.86. The quantitative estimate of drug-likeness (QED) is 0.658. The maximum Gasteiger partial charge on any atom is 0.336 e. The molecule has 0 spiro atoms. The van der Waals surface area contributed by atoms with E-state index in [1.807, 2.05) is 26.0 Å². The van der Waals surface area contributed by atoms with Gasteiger partial charge in [-0.15, -0.1) is 0 Å². The van der Waals surface area contributed by atoms with Crippen LogP contribution >= 0.6 is 11.6 Å². The van der Waals surface area contributed by atoms with E-state index < -0.39 is 23.8 Å². The van der Waals surface area contributed by atoms with Crippen LogP contribution in [0.5, 0.6) is 0 Å². The van der Waals surface area contributed by atoms with Gasteiger partial charge in [-0.05, 0) is 57.0 Å². The van der Waals surface area contributed by atoms with Crippen LogP contribution in [0.1, 0.15) is 42.3 Å². The molecule has 1 aliphatic rings. The first-order chi connectivity index (χ1) is 14.7. The predicted octanol–water partition coefficient (Wildman–Crippen LogP) is 4.69. The molecule has 0 fully saturated rings. The standard InChI is InChI=1S/C24H27ClN2O4/c1-13-11-17(14(2)26-13)9-10-31-24(29)21-16(4)27-15(3)20(23(28)30-5)22(21)18-7-6-8-19(25)12-18/h6-8,11-12,20,22,26H,9-10H2,1-5H3. The molecule has 0 saturated carbocycles. The number of aromatic amines is 1. The van der Waals surface area contributed by atoms with Gasteiger partial charge in [0, 0.05) is 40.2 Å². The van der Waals surface area contributed by atoms with Crippen LogP contribution in [0, 0.1) is 19.8 Å². The molecule has 164 valence electrons. The SMILES string of the molecule is COC(=O)C1C(C)=NC(C)=C(C(=O)OCCc2cc(C)[nH]c2C)C1c1cccc(Cl)c1. The predicted molar refractivity (Wildman–Crippen MR) is 120 cm³/mol. The molecule has 1 N–H and O–H groups in total. The summed E-state index contributed by atoms with van der Waals surface area (Å²) in [7, 11) is 1.33. The summed E-state index contributed by atoms with van der Waals surface area (Å²) in [5.74, 6) is -2.27. The second-order valence-electron chi connectivity index (χ2n) is 7.77. The average Bonchev–Trinajstić information content (AvgIpc) is 3.03. The van der Waals surface area contributed by atoms with Crippen LogP contribution in [0.3, 0.4) is 0 Å². The highest BCUT2D eigenvalue weighted by Crippen LogP contribution is 2.40. The van der Waals surface area contributed by atoms with Gasteiger partial charge in [-0.25, -0.2) is 4.79 Å². The Morgan fingerprint density at radius 1 is 1.16 bits per heavy atom. The second kappa shape index (κ2) is 9.52. The molecule has 0 amide bonds. The lowest BCUT2D eigenvalue weighted by molar-refractivity contribution is -0.144. The van der Waals surface area contributed by atoms with E-state index in [4.69, 9.17) is 21.1 Å². The fourth-order valence-corrected chi connectivity index (χ4v) is 4.37. The number of ether oxygens (including phenoxy) is 2. The van der Waals surface area contributed by atoms with Crippen LogP contribution in [0.2, 0.25) is 5.02 Å². The van der Waals surface area contributed by atoms with Crippen LogP contribution < -0.4 is 0 Å². The number of rotatable bonds is 6. The number of nitrogens with one attached hydrogen (secondary N) is 1. The molecule has 0 saturated heterocycles. The molecule has 0 bridgehead atoms. The van der Waals surface area contributed by atoms with E-state index in [9.17, 15) is 9.59 Å². The third-order valence-corrected chi connectivity index (χ3v) is 5.81. The monoisotopic (exact) mass is 442 g/mol. The maximum atomic E-state index is 13.2. The van der Waals surface area contributed by atoms with Gasteiger partial charge in [0.1, 0.15) is 5.92 Å². The van der Waals surface area contributed by atoms with Gasteiger partial charge < -0.3 is 14.5 Å². The fraction of sp³-hybridized carbons (Fsp3) is 0.375. The van der Waals surface area contributed by atoms with Crippen molar-refractivity contribution in [3.05, 3.63) is 69.1 Å². The van der Waals surface area contributed by atoms with E-state index in [0.29, 0.717) is 28.4 Å². The molecule has 6 nitrogen and oxygen atoms in total. The van der Waals surface area contributed by atoms with Crippen LogP contribution in [0.15, 0.2) is 46.6 Å². The number of nitrogens with zero attached hydrogens (tertiary/aromatic N) is 1. The Labute approximate surface area is 187 Å². The van der Waals surface area contributed by atoms with Crippen molar-refractivity contribution in [2.75, 3.05) is 13.7 Å². The number of hydrogen-bond acceptors (Lipinski definition) is 5. The zero-order valence-corrected chi connectivity index (χ0v) is 19.2. The van der Waals surface area contributed by atoms with Gasteiger partial charge in [-0.1, -0.05) is 23.7 Å². The van der Waals surface area contributed by atoms with E-state index in [2.05, 4.69) is 9.98 Å². The van der Waals surface area contributed by atoms with E-state index in [0.717, 1.165) is 22.5 Å². The molecule has 2 heterocycles. The summed E-state index contributed by atoms with van der Waals surface area (Å²) in [6.45, 7) is 7.72. The second-order valence-corrected chi connectivity index (χ2v) is 8.21. The number of methoxy groups -OCH3 is 1. The van der Waals surface area contributed by atoms with Gasteiger partial charge in [0.15, 0.2) is 0 Å². The number of carbonyl (C=O) groups excluding carboxylic acids is 2. The molecule has 1 aliphatic heterocycles. The number of esters is 2. The summed E-state index contributed by atoms with van der Waals surface area (Å²) in [5, 5.41) is 0.518. The normalized spacial score (nSPS) is 18.6. The molecule has 3 rings (SSSR count). The van der Waals surface area contributed by atoms with Crippen LogP contribution in [-0.2, 0) is 25.5 Å². The molecular formula is C24H27ClN2O4. The summed E-state index contributed by atoms with van der Waals surface area (Å²) < 4.78 is 10.7. The molecule has 0 radical (unpaired) electrons. The number of H-pyrrole nitrogens is 1. The minimum absolute atomic E-state index is 0.224. The largest absolute Gasteiger partial charge is 0.468 e. The Morgan fingerprint density at radius 3 is 2.52 bits per heavy atom. The lowest BCUT2D eigenvalue weighted by atomic mass is 9.75.